The second-order valence-corrected chi connectivity index (χ2v) is 6.25. The molecule has 0 aliphatic carbocycles. The van der Waals surface area contributed by atoms with Crippen LogP contribution in [0.15, 0.2) is 30.5 Å². The lowest BCUT2D eigenvalue weighted by Gasteiger charge is -2.18. The highest BCUT2D eigenvalue weighted by Gasteiger charge is 2.17. The molecule has 96 valence electrons. The molecule has 0 fully saturated rings. The van der Waals surface area contributed by atoms with Crippen molar-refractivity contribution < 1.29 is 0 Å². The number of hydrogen-bond acceptors (Lipinski definition) is 1. The number of nitrogens with zero attached hydrogens (tertiary/aromatic N) is 2. The average Bonchev–Trinajstić information content (AvgIpc) is 2.59. The van der Waals surface area contributed by atoms with Crippen LogP contribution >= 0.6 is 0 Å². The summed E-state index contributed by atoms with van der Waals surface area (Å²) in [4.78, 5) is 0. The van der Waals surface area contributed by atoms with Gasteiger partial charge >= 0.3 is 0 Å². The summed E-state index contributed by atoms with van der Waals surface area (Å²) >= 11 is 0. The summed E-state index contributed by atoms with van der Waals surface area (Å²) in [5.41, 5.74) is 5.39. The fraction of sp³-hybridized carbons (Fsp3) is 0.438. The maximum Gasteiger partial charge on any atom is 0.0711 e. The van der Waals surface area contributed by atoms with Crippen LogP contribution in [0.4, 0.5) is 0 Å². The van der Waals surface area contributed by atoms with Crippen LogP contribution in [0, 0.1) is 12.3 Å². The first-order chi connectivity index (χ1) is 8.37. The first-order valence-electron chi connectivity index (χ1n) is 6.45. The first-order valence-corrected chi connectivity index (χ1v) is 6.45. The maximum absolute atomic E-state index is 4.42. The van der Waals surface area contributed by atoms with Crippen LogP contribution in [0.3, 0.4) is 0 Å². The third kappa shape index (κ3) is 2.81. The third-order valence-electron chi connectivity index (χ3n) is 3.06. The van der Waals surface area contributed by atoms with Crippen molar-refractivity contribution in [3.8, 4) is 11.3 Å². The van der Waals surface area contributed by atoms with Crippen molar-refractivity contribution in [2.24, 2.45) is 12.5 Å². The standard InChI is InChI=1S/C16H22N2/c1-12-6-8-13(9-7-12)15-14(10-16(2,3)4)11-17-18(15)5/h6-9,11H,10H2,1-5H3. The smallest absolute Gasteiger partial charge is 0.0711 e. The molecule has 0 bridgehead atoms. The van der Waals surface area contributed by atoms with Crippen molar-refractivity contribution in [2.75, 3.05) is 0 Å². The van der Waals surface area contributed by atoms with Gasteiger partial charge in [0.25, 0.3) is 0 Å². The third-order valence-corrected chi connectivity index (χ3v) is 3.06. The van der Waals surface area contributed by atoms with Gasteiger partial charge in [-0.25, -0.2) is 0 Å². The highest BCUT2D eigenvalue weighted by molar-refractivity contribution is 5.63. The topological polar surface area (TPSA) is 17.8 Å². The molecule has 2 nitrogen and oxygen atoms in total. The van der Waals surface area contributed by atoms with E-state index in [9.17, 15) is 0 Å². The molecule has 2 rings (SSSR count). The number of hydrogen-bond donors (Lipinski definition) is 0. The maximum atomic E-state index is 4.42. The largest absolute Gasteiger partial charge is 0.268 e. The zero-order chi connectivity index (χ0) is 13.3. The first kappa shape index (κ1) is 12.9. The molecule has 0 spiro atoms. The van der Waals surface area contributed by atoms with Crippen LogP contribution in [0.5, 0.6) is 0 Å². The molecule has 0 amide bonds. The summed E-state index contributed by atoms with van der Waals surface area (Å²) in [6.45, 7) is 8.90. The van der Waals surface area contributed by atoms with Crippen molar-refractivity contribution in [1.29, 1.82) is 0 Å². The van der Waals surface area contributed by atoms with Crippen molar-refractivity contribution in [2.45, 2.75) is 34.1 Å². The van der Waals surface area contributed by atoms with Crippen molar-refractivity contribution in [3.63, 3.8) is 0 Å². The Balaban J connectivity index is 2.43. The summed E-state index contributed by atoms with van der Waals surface area (Å²) in [6, 6.07) is 8.67. The minimum absolute atomic E-state index is 0.280. The fourth-order valence-electron chi connectivity index (χ4n) is 2.27. The zero-order valence-electron chi connectivity index (χ0n) is 12.0. The Morgan fingerprint density at radius 3 is 2.28 bits per heavy atom. The van der Waals surface area contributed by atoms with Gasteiger partial charge in [-0.2, -0.15) is 5.10 Å². The van der Waals surface area contributed by atoms with Gasteiger partial charge in [0.2, 0.25) is 0 Å². The Hall–Kier alpha value is -1.57. The molecule has 1 heterocycles. The van der Waals surface area contributed by atoms with Gasteiger partial charge in [-0.3, -0.25) is 4.68 Å². The molecule has 18 heavy (non-hydrogen) atoms. The Morgan fingerprint density at radius 2 is 1.72 bits per heavy atom. The predicted molar refractivity (Wildman–Crippen MR) is 76.5 cm³/mol. The molecule has 0 atom stereocenters. The molecule has 0 radical (unpaired) electrons. The SMILES string of the molecule is Cc1ccc(-c2c(CC(C)(C)C)cnn2C)cc1. The molecule has 1 aromatic carbocycles. The summed E-state index contributed by atoms with van der Waals surface area (Å²) in [6.07, 6.45) is 3.05. The van der Waals surface area contributed by atoms with Gasteiger partial charge < -0.3 is 0 Å². The van der Waals surface area contributed by atoms with Crippen LogP contribution in [0.25, 0.3) is 11.3 Å². The highest BCUT2D eigenvalue weighted by atomic mass is 15.3. The van der Waals surface area contributed by atoms with E-state index in [4.69, 9.17) is 0 Å². The van der Waals surface area contributed by atoms with E-state index in [1.165, 1.54) is 22.4 Å². The molecular weight excluding hydrogens is 220 g/mol. The van der Waals surface area contributed by atoms with Crippen LogP contribution in [0.2, 0.25) is 0 Å². The van der Waals surface area contributed by atoms with E-state index < -0.39 is 0 Å². The lowest BCUT2D eigenvalue weighted by molar-refractivity contribution is 0.411. The minimum Gasteiger partial charge on any atom is -0.268 e. The van der Waals surface area contributed by atoms with E-state index >= 15 is 0 Å². The summed E-state index contributed by atoms with van der Waals surface area (Å²) in [5, 5.41) is 4.42. The van der Waals surface area contributed by atoms with E-state index in [0.717, 1.165) is 6.42 Å². The van der Waals surface area contributed by atoms with Gasteiger partial charge in [-0.1, -0.05) is 50.6 Å². The monoisotopic (exact) mass is 242 g/mol. The fourth-order valence-corrected chi connectivity index (χ4v) is 2.27. The van der Waals surface area contributed by atoms with E-state index in [2.05, 4.69) is 57.1 Å². The normalized spacial score (nSPS) is 11.8. The average molecular weight is 242 g/mol. The minimum atomic E-state index is 0.280. The molecular formula is C16H22N2. The Bertz CT molecular complexity index is 527. The number of benzene rings is 1. The van der Waals surface area contributed by atoms with Gasteiger partial charge in [0.05, 0.1) is 11.9 Å². The van der Waals surface area contributed by atoms with E-state index in [1.54, 1.807) is 0 Å². The second kappa shape index (κ2) is 4.60. The van der Waals surface area contributed by atoms with Crippen LogP contribution in [-0.2, 0) is 13.5 Å². The van der Waals surface area contributed by atoms with E-state index in [0.29, 0.717) is 0 Å². The van der Waals surface area contributed by atoms with Crippen LogP contribution in [0.1, 0.15) is 31.9 Å². The molecule has 2 aromatic rings. The molecule has 0 saturated carbocycles. The van der Waals surface area contributed by atoms with Crippen LogP contribution in [-0.4, -0.2) is 9.78 Å². The quantitative estimate of drug-likeness (QED) is 0.778. The van der Waals surface area contributed by atoms with Crippen LogP contribution < -0.4 is 0 Å². The van der Waals surface area contributed by atoms with Gasteiger partial charge in [0.1, 0.15) is 0 Å². The number of aryl methyl sites for hydroxylation is 2. The summed E-state index contributed by atoms with van der Waals surface area (Å²) < 4.78 is 1.98. The van der Waals surface area contributed by atoms with E-state index in [1.807, 2.05) is 17.9 Å². The Kier molecular flexibility index (Phi) is 3.29. The van der Waals surface area contributed by atoms with Gasteiger partial charge in [0.15, 0.2) is 0 Å². The second-order valence-electron chi connectivity index (χ2n) is 6.25. The summed E-state index contributed by atoms with van der Waals surface area (Å²) in [7, 11) is 2.02. The van der Waals surface area contributed by atoms with Crippen molar-refractivity contribution in [1.82, 2.24) is 9.78 Å². The zero-order valence-corrected chi connectivity index (χ0v) is 12.0. The molecule has 1 aromatic heterocycles. The molecule has 0 unspecified atom stereocenters. The van der Waals surface area contributed by atoms with E-state index in [-0.39, 0.29) is 5.41 Å². The molecule has 0 saturated heterocycles. The highest BCUT2D eigenvalue weighted by Crippen LogP contribution is 2.29. The molecule has 0 aliphatic rings. The van der Waals surface area contributed by atoms with Crippen molar-refractivity contribution >= 4 is 0 Å². The van der Waals surface area contributed by atoms with Gasteiger partial charge in [0, 0.05) is 12.6 Å². The predicted octanol–water partition coefficient (Wildman–Crippen LogP) is 3.98. The summed E-state index contributed by atoms with van der Waals surface area (Å²) in [5.74, 6) is 0. The van der Waals surface area contributed by atoms with Crippen molar-refractivity contribution in [3.05, 3.63) is 41.6 Å². The molecule has 0 N–H and O–H groups in total. The lowest BCUT2D eigenvalue weighted by Crippen LogP contribution is -2.09. The molecule has 0 aliphatic heterocycles. The Labute approximate surface area is 110 Å². The van der Waals surface area contributed by atoms with Gasteiger partial charge in [-0.15, -0.1) is 0 Å². The number of aromatic nitrogens is 2. The molecule has 2 heteroatoms. The number of rotatable bonds is 2. The Morgan fingerprint density at radius 1 is 1.11 bits per heavy atom. The van der Waals surface area contributed by atoms with Gasteiger partial charge in [-0.05, 0) is 24.3 Å². The lowest BCUT2D eigenvalue weighted by atomic mass is 9.87.